The first-order valence-corrected chi connectivity index (χ1v) is 8.30. The minimum atomic E-state index is -0.767. The summed E-state index contributed by atoms with van der Waals surface area (Å²) in [5, 5.41) is 2.87. The lowest BCUT2D eigenvalue weighted by Gasteiger charge is -2.33. The molecule has 26 heavy (non-hydrogen) atoms. The lowest BCUT2D eigenvalue weighted by atomic mass is 9.87. The number of amides is 2. The van der Waals surface area contributed by atoms with Gasteiger partial charge in [-0.15, -0.1) is 0 Å². The lowest BCUT2D eigenvalue weighted by molar-refractivity contribution is -0.128. The zero-order chi connectivity index (χ0) is 19.1. The Morgan fingerprint density at radius 1 is 1.35 bits per heavy atom. The van der Waals surface area contributed by atoms with Crippen molar-refractivity contribution in [1.29, 1.82) is 0 Å². The van der Waals surface area contributed by atoms with Crippen LogP contribution in [-0.2, 0) is 10.3 Å². The molecular formula is C19H22N4O3. The number of nitrogens with one attached hydrogen (secondary N) is 1. The number of guanidine groups is 1. The number of nitrogens with two attached hydrogens (primary N) is 1. The molecule has 0 spiro atoms. The van der Waals surface area contributed by atoms with Gasteiger partial charge in [0, 0.05) is 12.7 Å². The van der Waals surface area contributed by atoms with Crippen LogP contribution >= 0.6 is 0 Å². The number of carbonyl (C=O) groups is 2. The minimum absolute atomic E-state index is 0.0982. The number of aliphatic imine (C=N–C) groups is 1. The third-order valence-electron chi connectivity index (χ3n) is 4.60. The van der Waals surface area contributed by atoms with Crippen LogP contribution in [0.15, 0.2) is 39.7 Å². The second-order valence-electron chi connectivity index (χ2n) is 6.74. The molecule has 2 amide bonds. The predicted molar refractivity (Wildman–Crippen MR) is 98.9 cm³/mol. The monoisotopic (exact) mass is 354 g/mol. The highest BCUT2D eigenvalue weighted by molar-refractivity contribution is 6.05. The molecule has 3 rings (SSSR count). The molecule has 1 aliphatic heterocycles. The molecule has 0 radical (unpaired) electrons. The van der Waals surface area contributed by atoms with Crippen LogP contribution in [0.25, 0.3) is 0 Å². The Bertz CT molecular complexity index is 915. The van der Waals surface area contributed by atoms with E-state index in [4.69, 9.17) is 10.2 Å². The van der Waals surface area contributed by atoms with E-state index in [9.17, 15) is 9.59 Å². The molecule has 0 bridgehead atoms. The SMILES string of the molecule is Cc1cc(C(=O)Nc2cccc(C3(C)CC(=O)N(C)C(N)=N3)c2)c(C)o1. The van der Waals surface area contributed by atoms with Gasteiger partial charge < -0.3 is 15.5 Å². The maximum Gasteiger partial charge on any atom is 0.259 e. The number of nitrogens with zero attached hydrogens (tertiary/aromatic N) is 2. The van der Waals surface area contributed by atoms with Crippen molar-refractivity contribution in [2.24, 2.45) is 10.7 Å². The van der Waals surface area contributed by atoms with Crippen LogP contribution < -0.4 is 11.1 Å². The standard InChI is InChI=1S/C19H22N4O3/c1-11-8-15(12(2)26-11)17(25)21-14-7-5-6-13(9-14)19(3)10-16(24)23(4)18(20)22-19/h5-9H,10H2,1-4H3,(H2,20,22)(H,21,25). The van der Waals surface area contributed by atoms with Crippen molar-refractivity contribution in [2.75, 3.05) is 12.4 Å². The van der Waals surface area contributed by atoms with E-state index in [1.165, 1.54) is 4.90 Å². The van der Waals surface area contributed by atoms with Crippen molar-refractivity contribution >= 4 is 23.5 Å². The van der Waals surface area contributed by atoms with Gasteiger partial charge in [0.25, 0.3) is 5.91 Å². The van der Waals surface area contributed by atoms with Gasteiger partial charge >= 0.3 is 0 Å². The number of anilines is 1. The zero-order valence-electron chi connectivity index (χ0n) is 15.3. The molecule has 2 heterocycles. The average molecular weight is 354 g/mol. The van der Waals surface area contributed by atoms with Gasteiger partial charge in [0.1, 0.15) is 11.5 Å². The maximum atomic E-state index is 12.5. The van der Waals surface area contributed by atoms with Gasteiger partial charge in [-0.1, -0.05) is 12.1 Å². The molecule has 0 saturated carbocycles. The van der Waals surface area contributed by atoms with E-state index in [-0.39, 0.29) is 24.2 Å². The molecule has 0 fully saturated rings. The Labute approximate surface area is 151 Å². The van der Waals surface area contributed by atoms with E-state index in [0.717, 1.165) is 5.56 Å². The Kier molecular flexibility index (Phi) is 4.31. The number of hydrogen-bond acceptors (Lipinski definition) is 5. The molecule has 0 aliphatic carbocycles. The largest absolute Gasteiger partial charge is 0.466 e. The Balaban J connectivity index is 1.88. The molecule has 1 aliphatic rings. The summed E-state index contributed by atoms with van der Waals surface area (Å²) in [4.78, 5) is 30.5. The minimum Gasteiger partial charge on any atom is -0.466 e. The molecule has 1 aromatic carbocycles. The van der Waals surface area contributed by atoms with Crippen LogP contribution in [-0.4, -0.2) is 29.7 Å². The maximum absolute atomic E-state index is 12.5. The van der Waals surface area contributed by atoms with E-state index in [1.54, 1.807) is 33.0 Å². The van der Waals surface area contributed by atoms with Crippen LogP contribution in [0.2, 0.25) is 0 Å². The quantitative estimate of drug-likeness (QED) is 0.884. The first-order valence-electron chi connectivity index (χ1n) is 8.30. The molecule has 3 N–H and O–H groups in total. The number of furan rings is 1. The van der Waals surface area contributed by atoms with Crippen LogP contribution in [0.4, 0.5) is 5.69 Å². The molecule has 2 aromatic rings. The Morgan fingerprint density at radius 2 is 2.08 bits per heavy atom. The van der Waals surface area contributed by atoms with Crippen molar-refractivity contribution in [3.8, 4) is 0 Å². The fourth-order valence-electron chi connectivity index (χ4n) is 3.06. The van der Waals surface area contributed by atoms with Gasteiger partial charge in [-0.3, -0.25) is 14.5 Å². The highest BCUT2D eigenvalue weighted by atomic mass is 16.3. The number of rotatable bonds is 3. The van der Waals surface area contributed by atoms with E-state index in [2.05, 4.69) is 10.3 Å². The van der Waals surface area contributed by atoms with Gasteiger partial charge in [-0.25, -0.2) is 4.99 Å². The predicted octanol–water partition coefficient (Wildman–Crippen LogP) is 2.54. The van der Waals surface area contributed by atoms with Gasteiger partial charge in [0.05, 0.1) is 17.5 Å². The Hall–Kier alpha value is -3.09. The topological polar surface area (TPSA) is 101 Å². The van der Waals surface area contributed by atoms with E-state index in [1.807, 2.05) is 25.1 Å². The van der Waals surface area contributed by atoms with E-state index in [0.29, 0.717) is 22.8 Å². The fraction of sp³-hybridized carbons (Fsp3) is 0.316. The Morgan fingerprint density at radius 3 is 2.69 bits per heavy atom. The van der Waals surface area contributed by atoms with Crippen molar-refractivity contribution in [3.63, 3.8) is 0 Å². The summed E-state index contributed by atoms with van der Waals surface area (Å²) in [7, 11) is 1.60. The van der Waals surface area contributed by atoms with E-state index < -0.39 is 5.54 Å². The summed E-state index contributed by atoms with van der Waals surface area (Å²) in [5.41, 5.74) is 7.02. The normalized spacial score (nSPS) is 20.1. The van der Waals surface area contributed by atoms with Gasteiger partial charge in [0.2, 0.25) is 5.91 Å². The van der Waals surface area contributed by atoms with Gasteiger partial charge in [0.15, 0.2) is 5.96 Å². The number of benzene rings is 1. The molecule has 1 unspecified atom stereocenters. The molecule has 7 heteroatoms. The van der Waals surface area contributed by atoms with Crippen molar-refractivity contribution in [2.45, 2.75) is 32.7 Å². The summed E-state index contributed by atoms with van der Waals surface area (Å²) >= 11 is 0. The smallest absolute Gasteiger partial charge is 0.259 e. The summed E-state index contributed by atoms with van der Waals surface area (Å²) in [6.45, 7) is 5.40. The van der Waals surface area contributed by atoms with Crippen molar-refractivity contribution in [1.82, 2.24) is 4.90 Å². The first kappa shape index (κ1) is 17.7. The second kappa shape index (κ2) is 6.33. The van der Waals surface area contributed by atoms with Crippen LogP contribution in [0, 0.1) is 13.8 Å². The average Bonchev–Trinajstić information content (AvgIpc) is 2.91. The van der Waals surface area contributed by atoms with E-state index >= 15 is 0 Å². The molecule has 1 aromatic heterocycles. The van der Waals surface area contributed by atoms with Crippen LogP contribution in [0.5, 0.6) is 0 Å². The molecule has 1 atom stereocenters. The third-order valence-corrected chi connectivity index (χ3v) is 4.60. The molecule has 7 nitrogen and oxygen atoms in total. The number of aryl methyl sites for hydroxylation is 2. The number of carbonyl (C=O) groups excluding carboxylic acids is 2. The molecule has 136 valence electrons. The van der Waals surface area contributed by atoms with Crippen molar-refractivity contribution in [3.05, 3.63) is 53.0 Å². The first-order chi connectivity index (χ1) is 12.2. The summed E-state index contributed by atoms with van der Waals surface area (Å²) < 4.78 is 5.41. The van der Waals surface area contributed by atoms with Crippen molar-refractivity contribution < 1.29 is 14.0 Å². The molecule has 0 saturated heterocycles. The highest BCUT2D eigenvalue weighted by Crippen LogP contribution is 2.34. The van der Waals surface area contributed by atoms with Gasteiger partial charge in [-0.05, 0) is 44.5 Å². The zero-order valence-corrected chi connectivity index (χ0v) is 15.3. The van der Waals surface area contributed by atoms with Crippen LogP contribution in [0.3, 0.4) is 0 Å². The molecular weight excluding hydrogens is 332 g/mol. The lowest BCUT2D eigenvalue weighted by Crippen LogP contribution is -2.47. The number of hydrogen-bond donors (Lipinski definition) is 2. The third kappa shape index (κ3) is 3.20. The highest BCUT2D eigenvalue weighted by Gasteiger charge is 2.36. The summed E-state index contributed by atoms with van der Waals surface area (Å²) in [6.07, 6.45) is 0.210. The fourth-order valence-corrected chi connectivity index (χ4v) is 3.06. The summed E-state index contributed by atoms with van der Waals surface area (Å²) in [5.74, 6) is 1.09. The second-order valence-corrected chi connectivity index (χ2v) is 6.74. The van der Waals surface area contributed by atoms with Gasteiger partial charge in [-0.2, -0.15) is 0 Å². The van der Waals surface area contributed by atoms with Crippen LogP contribution in [0.1, 0.15) is 40.8 Å². The summed E-state index contributed by atoms with van der Waals surface area (Å²) in [6, 6.07) is 9.00.